The molecular formula is C23H27N3O2. The number of benzene rings is 2. The fourth-order valence-electron chi connectivity index (χ4n) is 2.90. The zero-order valence-electron chi connectivity index (χ0n) is 16.4. The Labute approximate surface area is 166 Å². The number of hydrogen-bond donors (Lipinski definition) is 2. The lowest BCUT2D eigenvalue weighted by molar-refractivity contribution is -0.121. The molecule has 1 heterocycles. The van der Waals surface area contributed by atoms with E-state index in [1.54, 1.807) is 6.20 Å². The van der Waals surface area contributed by atoms with Crippen LogP contribution < -0.4 is 10.6 Å². The molecule has 0 saturated heterocycles. The van der Waals surface area contributed by atoms with Gasteiger partial charge in [0.15, 0.2) is 11.7 Å². The summed E-state index contributed by atoms with van der Waals surface area (Å²) in [6, 6.07) is 20.0. The van der Waals surface area contributed by atoms with E-state index in [1.165, 1.54) is 0 Å². The van der Waals surface area contributed by atoms with E-state index in [-0.39, 0.29) is 11.9 Å². The molecule has 0 aliphatic rings. The molecule has 0 radical (unpaired) electrons. The van der Waals surface area contributed by atoms with Gasteiger partial charge in [-0.1, -0.05) is 62.4 Å². The van der Waals surface area contributed by atoms with Gasteiger partial charge in [0.1, 0.15) is 0 Å². The second kappa shape index (κ2) is 9.74. The monoisotopic (exact) mass is 377 g/mol. The maximum atomic E-state index is 12.3. The molecule has 3 rings (SSSR count). The standard InChI is InChI=1S/C23H27N3O2/c1-17(2)20(26-19-11-7-4-8-12-19)15-24-22(27)13-14-23-25-16-21(28-23)18-9-5-3-6-10-18/h3-12,16-17,20,26H,13-15H2,1-2H3,(H,24,27). The molecule has 3 aromatic rings. The summed E-state index contributed by atoms with van der Waals surface area (Å²) in [7, 11) is 0. The van der Waals surface area contributed by atoms with E-state index in [4.69, 9.17) is 4.42 Å². The largest absolute Gasteiger partial charge is 0.441 e. The number of oxazole rings is 1. The van der Waals surface area contributed by atoms with Crippen molar-refractivity contribution in [3.63, 3.8) is 0 Å². The number of aryl methyl sites for hydroxylation is 1. The van der Waals surface area contributed by atoms with Gasteiger partial charge in [0.25, 0.3) is 0 Å². The van der Waals surface area contributed by atoms with Crippen LogP contribution >= 0.6 is 0 Å². The van der Waals surface area contributed by atoms with Crippen molar-refractivity contribution in [3.05, 3.63) is 72.8 Å². The van der Waals surface area contributed by atoms with Gasteiger partial charge in [0.2, 0.25) is 5.91 Å². The van der Waals surface area contributed by atoms with Crippen LogP contribution in [0.3, 0.4) is 0 Å². The van der Waals surface area contributed by atoms with Crippen LogP contribution in [0.15, 0.2) is 71.3 Å². The topological polar surface area (TPSA) is 67.2 Å². The maximum absolute atomic E-state index is 12.3. The fourth-order valence-corrected chi connectivity index (χ4v) is 2.90. The van der Waals surface area contributed by atoms with Gasteiger partial charge in [0.05, 0.1) is 6.20 Å². The van der Waals surface area contributed by atoms with Crippen molar-refractivity contribution >= 4 is 11.6 Å². The maximum Gasteiger partial charge on any atom is 0.220 e. The van der Waals surface area contributed by atoms with E-state index in [2.05, 4.69) is 29.5 Å². The highest BCUT2D eigenvalue weighted by Gasteiger charge is 2.15. The Morgan fingerprint density at radius 2 is 1.71 bits per heavy atom. The third-order valence-corrected chi connectivity index (χ3v) is 4.63. The van der Waals surface area contributed by atoms with Crippen LogP contribution in [0, 0.1) is 5.92 Å². The SMILES string of the molecule is CC(C)C(CNC(=O)CCc1ncc(-c2ccccc2)o1)Nc1ccccc1. The van der Waals surface area contributed by atoms with E-state index < -0.39 is 0 Å². The first-order valence-corrected chi connectivity index (χ1v) is 9.70. The fraction of sp³-hybridized carbons (Fsp3) is 0.304. The molecule has 0 spiro atoms. The van der Waals surface area contributed by atoms with Gasteiger partial charge in [-0.15, -0.1) is 0 Å². The Morgan fingerprint density at radius 3 is 2.39 bits per heavy atom. The predicted molar refractivity (Wildman–Crippen MR) is 112 cm³/mol. The first-order chi connectivity index (χ1) is 13.6. The van der Waals surface area contributed by atoms with E-state index in [0.29, 0.717) is 31.2 Å². The van der Waals surface area contributed by atoms with Gasteiger partial charge >= 0.3 is 0 Å². The summed E-state index contributed by atoms with van der Waals surface area (Å²) < 4.78 is 5.76. The molecule has 5 heteroatoms. The molecule has 0 saturated carbocycles. The van der Waals surface area contributed by atoms with Gasteiger partial charge in [0, 0.05) is 36.7 Å². The number of amides is 1. The number of nitrogens with one attached hydrogen (secondary N) is 2. The van der Waals surface area contributed by atoms with Gasteiger partial charge in [-0.3, -0.25) is 4.79 Å². The molecule has 1 atom stereocenters. The first-order valence-electron chi connectivity index (χ1n) is 9.70. The van der Waals surface area contributed by atoms with Crippen LogP contribution in [0.1, 0.15) is 26.2 Å². The molecule has 1 unspecified atom stereocenters. The Hall–Kier alpha value is -3.08. The van der Waals surface area contributed by atoms with Crippen molar-refractivity contribution in [3.8, 4) is 11.3 Å². The Kier molecular flexibility index (Phi) is 6.84. The number of para-hydroxylation sites is 1. The highest BCUT2D eigenvalue weighted by molar-refractivity contribution is 5.76. The number of anilines is 1. The summed E-state index contributed by atoms with van der Waals surface area (Å²) in [5, 5.41) is 6.51. The molecule has 1 amide bonds. The van der Waals surface area contributed by atoms with Crippen molar-refractivity contribution in [2.24, 2.45) is 5.92 Å². The Bertz CT molecular complexity index is 860. The lowest BCUT2D eigenvalue weighted by Gasteiger charge is -2.24. The highest BCUT2D eigenvalue weighted by atomic mass is 16.4. The molecule has 5 nitrogen and oxygen atoms in total. The molecule has 0 aliphatic heterocycles. The second-order valence-corrected chi connectivity index (χ2v) is 7.15. The first kappa shape index (κ1) is 19.7. The smallest absolute Gasteiger partial charge is 0.220 e. The number of nitrogens with zero attached hydrogens (tertiary/aromatic N) is 1. The van der Waals surface area contributed by atoms with E-state index >= 15 is 0 Å². The Balaban J connectivity index is 1.46. The summed E-state index contributed by atoms with van der Waals surface area (Å²) in [6.45, 7) is 4.86. The van der Waals surface area contributed by atoms with Gasteiger partial charge < -0.3 is 15.1 Å². The third kappa shape index (κ3) is 5.71. The molecule has 0 fully saturated rings. The van der Waals surface area contributed by atoms with Crippen molar-refractivity contribution < 1.29 is 9.21 Å². The average molecular weight is 377 g/mol. The molecule has 2 aromatic carbocycles. The molecule has 0 bridgehead atoms. The number of carbonyl (C=O) groups is 1. The minimum atomic E-state index is -0.0000252. The number of hydrogen-bond acceptors (Lipinski definition) is 4. The average Bonchev–Trinajstić information content (AvgIpc) is 3.20. The zero-order chi connectivity index (χ0) is 19.8. The Morgan fingerprint density at radius 1 is 1.04 bits per heavy atom. The van der Waals surface area contributed by atoms with E-state index in [0.717, 1.165) is 17.0 Å². The van der Waals surface area contributed by atoms with Crippen LogP contribution in [0.25, 0.3) is 11.3 Å². The summed E-state index contributed by atoms with van der Waals surface area (Å²) >= 11 is 0. The lowest BCUT2D eigenvalue weighted by atomic mass is 10.0. The number of aromatic nitrogens is 1. The summed E-state index contributed by atoms with van der Waals surface area (Å²) in [5.74, 6) is 1.69. The minimum absolute atomic E-state index is 0.0000252. The molecule has 2 N–H and O–H groups in total. The third-order valence-electron chi connectivity index (χ3n) is 4.63. The molecule has 1 aromatic heterocycles. The van der Waals surface area contributed by atoms with Crippen LogP contribution in [0.2, 0.25) is 0 Å². The summed E-state index contributed by atoms with van der Waals surface area (Å²) in [5.41, 5.74) is 2.04. The van der Waals surface area contributed by atoms with Crippen LogP contribution in [-0.4, -0.2) is 23.5 Å². The predicted octanol–water partition coefficient (Wildman–Crippen LogP) is 4.53. The molecule has 28 heavy (non-hydrogen) atoms. The molecule has 0 aliphatic carbocycles. The van der Waals surface area contributed by atoms with Crippen molar-refractivity contribution in [2.45, 2.75) is 32.7 Å². The van der Waals surface area contributed by atoms with E-state index in [1.807, 2.05) is 60.7 Å². The van der Waals surface area contributed by atoms with Crippen molar-refractivity contribution in [1.82, 2.24) is 10.3 Å². The van der Waals surface area contributed by atoms with Gasteiger partial charge in [-0.2, -0.15) is 0 Å². The highest BCUT2D eigenvalue weighted by Crippen LogP contribution is 2.20. The molecular weight excluding hydrogens is 350 g/mol. The van der Waals surface area contributed by atoms with Crippen molar-refractivity contribution in [1.29, 1.82) is 0 Å². The molecule has 146 valence electrons. The van der Waals surface area contributed by atoms with Crippen molar-refractivity contribution in [2.75, 3.05) is 11.9 Å². The number of rotatable bonds is 9. The quantitative estimate of drug-likeness (QED) is 0.575. The normalized spacial score (nSPS) is 12.0. The van der Waals surface area contributed by atoms with Gasteiger partial charge in [-0.05, 0) is 18.1 Å². The zero-order valence-corrected chi connectivity index (χ0v) is 16.4. The minimum Gasteiger partial charge on any atom is -0.441 e. The number of carbonyl (C=O) groups excluding carboxylic acids is 1. The summed E-state index contributed by atoms with van der Waals surface area (Å²) in [6.07, 6.45) is 2.54. The van der Waals surface area contributed by atoms with Gasteiger partial charge in [-0.25, -0.2) is 4.98 Å². The van der Waals surface area contributed by atoms with E-state index in [9.17, 15) is 4.79 Å². The summed E-state index contributed by atoms with van der Waals surface area (Å²) in [4.78, 5) is 16.5. The lowest BCUT2D eigenvalue weighted by Crippen LogP contribution is -2.39. The van der Waals surface area contributed by atoms with Crippen LogP contribution in [-0.2, 0) is 11.2 Å². The van der Waals surface area contributed by atoms with Crippen LogP contribution in [0.4, 0.5) is 5.69 Å². The second-order valence-electron chi connectivity index (χ2n) is 7.15. The van der Waals surface area contributed by atoms with Crippen LogP contribution in [0.5, 0.6) is 0 Å².